The number of Topliss-reactive ketones (excluding diaryl/α,β-unsaturated/α-hetero) is 1. The maximum atomic E-state index is 13.2. The fourth-order valence-corrected chi connectivity index (χ4v) is 2.15. The van der Waals surface area contributed by atoms with Crippen molar-refractivity contribution in [3.05, 3.63) is 59.4 Å². The van der Waals surface area contributed by atoms with Crippen LogP contribution in [0.4, 0.5) is 10.1 Å². The van der Waals surface area contributed by atoms with Gasteiger partial charge in [-0.3, -0.25) is 9.59 Å². The highest BCUT2D eigenvalue weighted by Crippen LogP contribution is 2.17. The maximum Gasteiger partial charge on any atom is 0.224 e. The van der Waals surface area contributed by atoms with Crippen LogP contribution in [-0.4, -0.2) is 18.3 Å². The predicted octanol–water partition coefficient (Wildman–Crippen LogP) is 4.13. The van der Waals surface area contributed by atoms with E-state index in [0.717, 1.165) is 5.56 Å². The Bertz CT molecular complexity index is 726. The van der Waals surface area contributed by atoms with Crippen LogP contribution in [0.15, 0.2) is 42.5 Å². The highest BCUT2D eigenvalue weighted by molar-refractivity contribution is 5.94. The first-order valence-corrected chi connectivity index (χ1v) is 7.75. The van der Waals surface area contributed by atoms with E-state index in [2.05, 4.69) is 5.32 Å². The molecule has 0 unspecified atom stereocenters. The molecular formula is C19H20FNO3. The van der Waals surface area contributed by atoms with Crippen molar-refractivity contribution in [2.24, 2.45) is 0 Å². The molecule has 4 nitrogen and oxygen atoms in total. The summed E-state index contributed by atoms with van der Waals surface area (Å²) in [4.78, 5) is 23.1. The maximum absolute atomic E-state index is 13.2. The van der Waals surface area contributed by atoms with Gasteiger partial charge in [0.25, 0.3) is 0 Å². The van der Waals surface area contributed by atoms with Crippen molar-refractivity contribution in [2.75, 3.05) is 11.9 Å². The van der Waals surface area contributed by atoms with Gasteiger partial charge < -0.3 is 10.1 Å². The van der Waals surface area contributed by atoms with Crippen molar-refractivity contribution in [2.45, 2.75) is 26.7 Å². The third kappa shape index (κ3) is 5.19. The van der Waals surface area contributed by atoms with E-state index < -0.39 is 0 Å². The van der Waals surface area contributed by atoms with E-state index in [1.165, 1.54) is 19.1 Å². The minimum Gasteiger partial charge on any atom is -0.494 e. The van der Waals surface area contributed by atoms with Crippen molar-refractivity contribution < 1.29 is 18.7 Å². The molecule has 2 rings (SSSR count). The van der Waals surface area contributed by atoms with Gasteiger partial charge in [0.1, 0.15) is 11.6 Å². The molecule has 24 heavy (non-hydrogen) atoms. The van der Waals surface area contributed by atoms with Gasteiger partial charge in [0, 0.05) is 17.7 Å². The SMILES string of the molecule is CC(=O)c1ccc(OCCCC(=O)Nc2cc(F)ccc2C)cc1. The molecule has 0 spiro atoms. The Morgan fingerprint density at radius 1 is 1.12 bits per heavy atom. The molecule has 126 valence electrons. The lowest BCUT2D eigenvalue weighted by Gasteiger charge is -2.09. The molecule has 0 aliphatic carbocycles. The quantitative estimate of drug-likeness (QED) is 0.614. The van der Waals surface area contributed by atoms with Crippen molar-refractivity contribution in [1.29, 1.82) is 0 Å². The molecule has 1 N–H and O–H groups in total. The number of nitrogens with one attached hydrogen (secondary N) is 1. The second-order valence-electron chi connectivity index (χ2n) is 5.54. The van der Waals surface area contributed by atoms with Crippen molar-refractivity contribution in [1.82, 2.24) is 0 Å². The van der Waals surface area contributed by atoms with Crippen LogP contribution in [0, 0.1) is 12.7 Å². The Morgan fingerprint density at radius 3 is 2.50 bits per heavy atom. The van der Waals surface area contributed by atoms with Gasteiger partial charge >= 0.3 is 0 Å². The number of benzene rings is 2. The minimum atomic E-state index is -0.381. The lowest BCUT2D eigenvalue weighted by atomic mass is 10.1. The van der Waals surface area contributed by atoms with Gasteiger partial charge in [-0.15, -0.1) is 0 Å². The summed E-state index contributed by atoms with van der Waals surface area (Å²) in [6.45, 7) is 3.70. The molecule has 0 atom stereocenters. The van der Waals surface area contributed by atoms with Gasteiger partial charge in [-0.25, -0.2) is 4.39 Å². The number of ether oxygens (including phenoxy) is 1. The van der Waals surface area contributed by atoms with E-state index in [4.69, 9.17) is 4.74 Å². The molecule has 0 radical (unpaired) electrons. The molecule has 0 aliphatic heterocycles. The zero-order valence-corrected chi connectivity index (χ0v) is 13.8. The van der Waals surface area contributed by atoms with Crippen LogP contribution in [0.25, 0.3) is 0 Å². The van der Waals surface area contributed by atoms with Gasteiger partial charge in [-0.05, 0) is 62.2 Å². The topological polar surface area (TPSA) is 55.4 Å². The van der Waals surface area contributed by atoms with E-state index in [-0.39, 0.29) is 23.9 Å². The second-order valence-corrected chi connectivity index (χ2v) is 5.54. The molecule has 0 heterocycles. The van der Waals surface area contributed by atoms with Crippen LogP contribution < -0.4 is 10.1 Å². The Labute approximate surface area is 140 Å². The van der Waals surface area contributed by atoms with Gasteiger partial charge in [-0.1, -0.05) is 6.07 Å². The molecule has 1 amide bonds. The third-order valence-electron chi connectivity index (χ3n) is 3.55. The number of ketones is 1. The monoisotopic (exact) mass is 329 g/mol. The van der Waals surface area contributed by atoms with Gasteiger partial charge in [0.2, 0.25) is 5.91 Å². The largest absolute Gasteiger partial charge is 0.494 e. The van der Waals surface area contributed by atoms with Gasteiger partial charge in [-0.2, -0.15) is 0 Å². The minimum absolute atomic E-state index is 0.00543. The Hall–Kier alpha value is -2.69. The van der Waals surface area contributed by atoms with Crippen LogP contribution in [-0.2, 0) is 4.79 Å². The summed E-state index contributed by atoms with van der Waals surface area (Å²) in [6.07, 6.45) is 0.816. The zero-order chi connectivity index (χ0) is 17.5. The number of amides is 1. The Morgan fingerprint density at radius 2 is 1.83 bits per heavy atom. The molecule has 0 fully saturated rings. The number of carbonyl (C=O) groups is 2. The highest BCUT2D eigenvalue weighted by Gasteiger charge is 2.06. The third-order valence-corrected chi connectivity index (χ3v) is 3.55. The normalized spacial score (nSPS) is 10.3. The van der Waals surface area contributed by atoms with Crippen molar-refractivity contribution in [3.8, 4) is 5.75 Å². The van der Waals surface area contributed by atoms with Crippen LogP contribution in [0.5, 0.6) is 5.75 Å². The summed E-state index contributed by atoms with van der Waals surface area (Å²) < 4.78 is 18.7. The summed E-state index contributed by atoms with van der Waals surface area (Å²) >= 11 is 0. The Balaban J connectivity index is 1.74. The van der Waals surface area contributed by atoms with Crippen molar-refractivity contribution >= 4 is 17.4 Å². The molecular weight excluding hydrogens is 309 g/mol. The zero-order valence-electron chi connectivity index (χ0n) is 13.8. The molecule has 0 aliphatic rings. The highest BCUT2D eigenvalue weighted by atomic mass is 19.1. The summed E-state index contributed by atoms with van der Waals surface area (Å²) in [7, 11) is 0. The summed E-state index contributed by atoms with van der Waals surface area (Å²) in [6, 6.07) is 11.2. The second kappa shape index (κ2) is 8.24. The van der Waals surface area contributed by atoms with E-state index in [9.17, 15) is 14.0 Å². The molecule has 0 saturated heterocycles. The average molecular weight is 329 g/mol. The van der Waals surface area contributed by atoms with Crippen LogP contribution in [0.2, 0.25) is 0 Å². The molecule has 0 saturated carbocycles. The Kier molecular flexibility index (Phi) is 6.07. The van der Waals surface area contributed by atoms with Crippen LogP contribution >= 0.6 is 0 Å². The molecule has 2 aromatic carbocycles. The van der Waals surface area contributed by atoms with E-state index in [0.29, 0.717) is 30.0 Å². The number of hydrogen-bond donors (Lipinski definition) is 1. The predicted molar refractivity (Wildman–Crippen MR) is 90.9 cm³/mol. The standard InChI is InChI=1S/C19H20FNO3/c1-13-5-8-16(20)12-18(13)21-19(23)4-3-11-24-17-9-6-15(7-10-17)14(2)22/h5-10,12H,3-4,11H2,1-2H3,(H,21,23). The smallest absolute Gasteiger partial charge is 0.224 e. The number of rotatable bonds is 7. The fourth-order valence-electron chi connectivity index (χ4n) is 2.15. The van der Waals surface area contributed by atoms with Gasteiger partial charge in [0.15, 0.2) is 5.78 Å². The van der Waals surface area contributed by atoms with Crippen LogP contribution in [0.3, 0.4) is 0 Å². The van der Waals surface area contributed by atoms with E-state index >= 15 is 0 Å². The summed E-state index contributed by atoms with van der Waals surface area (Å²) in [5.74, 6) is 0.0970. The first-order chi connectivity index (χ1) is 11.5. The number of carbonyl (C=O) groups excluding carboxylic acids is 2. The fraction of sp³-hybridized carbons (Fsp3) is 0.263. The van der Waals surface area contributed by atoms with Crippen molar-refractivity contribution in [3.63, 3.8) is 0 Å². The average Bonchev–Trinajstić information content (AvgIpc) is 2.55. The summed E-state index contributed by atoms with van der Waals surface area (Å²) in [5.41, 5.74) is 1.93. The van der Waals surface area contributed by atoms with Gasteiger partial charge in [0.05, 0.1) is 6.61 Å². The molecule has 0 bridgehead atoms. The lowest BCUT2D eigenvalue weighted by Crippen LogP contribution is -2.13. The van der Waals surface area contributed by atoms with E-state index in [1.807, 2.05) is 6.92 Å². The van der Waals surface area contributed by atoms with E-state index in [1.54, 1.807) is 30.3 Å². The lowest BCUT2D eigenvalue weighted by molar-refractivity contribution is -0.116. The molecule has 5 heteroatoms. The number of aryl methyl sites for hydroxylation is 1. The molecule has 0 aromatic heterocycles. The summed E-state index contributed by atoms with van der Waals surface area (Å²) in [5, 5.41) is 2.70. The number of halogens is 1. The number of hydrogen-bond acceptors (Lipinski definition) is 3. The van der Waals surface area contributed by atoms with Crippen LogP contribution in [0.1, 0.15) is 35.7 Å². The first-order valence-electron chi connectivity index (χ1n) is 7.75. The first kappa shape index (κ1) is 17.7. The number of anilines is 1. The molecule has 2 aromatic rings.